The summed E-state index contributed by atoms with van der Waals surface area (Å²) in [5.74, 6) is -1.03. The number of urea groups is 1. The average molecular weight is 285 g/mol. The van der Waals surface area contributed by atoms with E-state index in [1.807, 2.05) is 0 Å². The van der Waals surface area contributed by atoms with E-state index in [1.54, 1.807) is 18.7 Å². The Hall–Kier alpha value is -1.79. The van der Waals surface area contributed by atoms with E-state index >= 15 is 0 Å². The fraction of sp³-hybridized carbons (Fsp3) is 0.769. The number of hydrogen-bond donors (Lipinski definition) is 3. The second-order valence-corrected chi connectivity index (χ2v) is 5.51. The van der Waals surface area contributed by atoms with Gasteiger partial charge in [0.2, 0.25) is 5.91 Å². The van der Waals surface area contributed by atoms with Gasteiger partial charge in [-0.3, -0.25) is 9.59 Å². The maximum Gasteiger partial charge on any atom is 0.317 e. The summed E-state index contributed by atoms with van der Waals surface area (Å²) in [6.45, 7) is 5.96. The average Bonchev–Trinajstić information content (AvgIpc) is 2.82. The molecule has 3 amide bonds. The van der Waals surface area contributed by atoms with E-state index in [4.69, 9.17) is 5.11 Å². The second kappa shape index (κ2) is 6.58. The molecule has 0 saturated carbocycles. The summed E-state index contributed by atoms with van der Waals surface area (Å²) in [6.07, 6.45) is 1.16. The Morgan fingerprint density at radius 1 is 1.40 bits per heavy atom. The van der Waals surface area contributed by atoms with Crippen molar-refractivity contribution in [3.63, 3.8) is 0 Å². The smallest absolute Gasteiger partial charge is 0.317 e. The van der Waals surface area contributed by atoms with Crippen LogP contribution in [0.4, 0.5) is 4.79 Å². The lowest BCUT2D eigenvalue weighted by Gasteiger charge is -2.25. The molecule has 0 spiro atoms. The molecule has 1 fully saturated rings. The molecular weight excluding hydrogens is 262 g/mol. The van der Waals surface area contributed by atoms with Gasteiger partial charge in [-0.2, -0.15) is 0 Å². The molecule has 0 radical (unpaired) electrons. The topological polar surface area (TPSA) is 98.7 Å². The Balaban J connectivity index is 2.45. The molecule has 1 aliphatic rings. The molecular formula is C13H23N3O4. The van der Waals surface area contributed by atoms with Crippen molar-refractivity contribution < 1.29 is 19.5 Å². The maximum absolute atomic E-state index is 12.0. The Morgan fingerprint density at radius 3 is 2.55 bits per heavy atom. The summed E-state index contributed by atoms with van der Waals surface area (Å²) < 4.78 is 0. The number of carboxylic acid groups (broad SMARTS) is 1. The van der Waals surface area contributed by atoms with Crippen molar-refractivity contribution in [2.24, 2.45) is 5.41 Å². The highest BCUT2D eigenvalue weighted by Crippen LogP contribution is 2.20. The first-order valence-corrected chi connectivity index (χ1v) is 6.81. The van der Waals surface area contributed by atoms with Crippen LogP contribution in [0.25, 0.3) is 0 Å². The highest BCUT2D eigenvalue weighted by atomic mass is 16.4. The number of likely N-dealkylation sites (tertiary alicyclic amines) is 1. The third-order valence-electron chi connectivity index (χ3n) is 3.81. The van der Waals surface area contributed by atoms with Crippen molar-refractivity contribution in [3.05, 3.63) is 0 Å². The van der Waals surface area contributed by atoms with E-state index < -0.39 is 11.4 Å². The first-order chi connectivity index (χ1) is 9.28. The van der Waals surface area contributed by atoms with Gasteiger partial charge in [-0.05, 0) is 19.8 Å². The molecule has 1 rings (SSSR count). The van der Waals surface area contributed by atoms with Crippen molar-refractivity contribution in [1.82, 2.24) is 15.5 Å². The summed E-state index contributed by atoms with van der Waals surface area (Å²) in [6, 6.07) is -0.297. The van der Waals surface area contributed by atoms with Crippen molar-refractivity contribution in [1.29, 1.82) is 0 Å². The van der Waals surface area contributed by atoms with Crippen LogP contribution in [-0.4, -0.2) is 53.6 Å². The largest absolute Gasteiger partial charge is 0.481 e. The third kappa shape index (κ3) is 4.11. The Labute approximate surface area is 118 Å². The molecule has 3 N–H and O–H groups in total. The van der Waals surface area contributed by atoms with Crippen LogP contribution in [0.1, 0.15) is 33.6 Å². The third-order valence-corrected chi connectivity index (χ3v) is 3.81. The molecule has 114 valence electrons. The van der Waals surface area contributed by atoms with Gasteiger partial charge >= 0.3 is 12.0 Å². The fourth-order valence-electron chi connectivity index (χ4n) is 2.08. The maximum atomic E-state index is 12.0. The van der Waals surface area contributed by atoms with Gasteiger partial charge in [-0.15, -0.1) is 0 Å². The molecule has 2 unspecified atom stereocenters. The van der Waals surface area contributed by atoms with Gasteiger partial charge in [-0.1, -0.05) is 6.92 Å². The highest BCUT2D eigenvalue weighted by molar-refractivity contribution is 5.78. The molecule has 7 heteroatoms. The Kier molecular flexibility index (Phi) is 5.35. The van der Waals surface area contributed by atoms with Crippen LogP contribution in [0.5, 0.6) is 0 Å². The zero-order valence-corrected chi connectivity index (χ0v) is 12.2. The number of nitrogens with zero attached hydrogens (tertiary/aromatic N) is 1. The van der Waals surface area contributed by atoms with Crippen molar-refractivity contribution >= 4 is 17.9 Å². The van der Waals surface area contributed by atoms with Crippen LogP contribution in [-0.2, 0) is 9.59 Å². The minimum absolute atomic E-state index is 0.0183. The molecule has 7 nitrogen and oxygen atoms in total. The molecule has 0 aromatic rings. The molecule has 0 bridgehead atoms. The van der Waals surface area contributed by atoms with E-state index in [1.165, 1.54) is 6.92 Å². The number of carbonyl (C=O) groups excluding carboxylic acids is 2. The molecule has 1 saturated heterocycles. The minimum atomic E-state index is -0.952. The second-order valence-electron chi connectivity index (χ2n) is 5.51. The molecule has 1 aliphatic heterocycles. The van der Waals surface area contributed by atoms with Crippen LogP contribution in [0.3, 0.4) is 0 Å². The monoisotopic (exact) mass is 285 g/mol. The van der Waals surface area contributed by atoms with Crippen LogP contribution >= 0.6 is 0 Å². The number of carbonyl (C=O) groups is 3. The van der Waals surface area contributed by atoms with Crippen LogP contribution in [0.15, 0.2) is 0 Å². The van der Waals surface area contributed by atoms with Crippen molar-refractivity contribution in [2.75, 3.05) is 19.6 Å². The predicted octanol–water partition coefficient (Wildman–Crippen LogP) is 0.407. The molecule has 2 atom stereocenters. The van der Waals surface area contributed by atoms with E-state index in [2.05, 4.69) is 10.6 Å². The van der Waals surface area contributed by atoms with Gasteiger partial charge in [0.1, 0.15) is 0 Å². The van der Waals surface area contributed by atoms with Crippen LogP contribution in [0, 0.1) is 5.41 Å². The first kappa shape index (κ1) is 16.3. The molecule has 0 aliphatic carbocycles. The van der Waals surface area contributed by atoms with Crippen molar-refractivity contribution in [3.8, 4) is 0 Å². The lowest BCUT2D eigenvalue weighted by atomic mass is 9.88. The van der Waals surface area contributed by atoms with Crippen molar-refractivity contribution in [2.45, 2.75) is 39.7 Å². The number of amides is 3. The standard InChI is InChI=1S/C13H23N3O4/c1-4-13(3,11(18)19)8-14-12(20)16-6-5-10(7-16)15-9(2)17/h10H,4-8H2,1-3H3,(H,14,20)(H,15,17)(H,18,19). The summed E-state index contributed by atoms with van der Waals surface area (Å²) in [4.78, 5) is 35.7. The summed E-state index contributed by atoms with van der Waals surface area (Å²) in [5.41, 5.74) is -0.952. The minimum Gasteiger partial charge on any atom is -0.481 e. The van der Waals surface area contributed by atoms with Crippen LogP contribution in [0.2, 0.25) is 0 Å². The fourth-order valence-corrected chi connectivity index (χ4v) is 2.08. The molecule has 0 aromatic carbocycles. The van der Waals surface area contributed by atoms with Gasteiger partial charge in [0.25, 0.3) is 0 Å². The van der Waals surface area contributed by atoms with Gasteiger partial charge in [0, 0.05) is 32.6 Å². The van der Waals surface area contributed by atoms with E-state index in [0.29, 0.717) is 19.5 Å². The van der Waals surface area contributed by atoms with Gasteiger partial charge in [0.05, 0.1) is 5.41 Å². The number of rotatable bonds is 5. The lowest BCUT2D eigenvalue weighted by Crippen LogP contribution is -2.46. The predicted molar refractivity (Wildman–Crippen MR) is 73.2 cm³/mol. The summed E-state index contributed by atoms with van der Waals surface area (Å²) >= 11 is 0. The first-order valence-electron chi connectivity index (χ1n) is 6.81. The van der Waals surface area contributed by atoms with E-state index in [0.717, 1.165) is 6.42 Å². The summed E-state index contributed by atoms with van der Waals surface area (Å²) in [7, 11) is 0. The quantitative estimate of drug-likeness (QED) is 0.681. The van der Waals surface area contributed by atoms with Gasteiger partial charge in [0.15, 0.2) is 0 Å². The molecule has 1 heterocycles. The molecule has 0 aromatic heterocycles. The normalized spacial score (nSPS) is 21.1. The van der Waals surface area contributed by atoms with E-state index in [9.17, 15) is 14.4 Å². The highest BCUT2D eigenvalue weighted by Gasteiger charge is 2.33. The number of aliphatic carboxylic acids is 1. The number of nitrogens with one attached hydrogen (secondary N) is 2. The van der Waals surface area contributed by atoms with Gasteiger partial charge in [-0.25, -0.2) is 4.79 Å². The zero-order valence-electron chi connectivity index (χ0n) is 12.2. The Morgan fingerprint density at radius 2 is 2.05 bits per heavy atom. The Bertz CT molecular complexity index is 399. The number of hydrogen-bond acceptors (Lipinski definition) is 3. The van der Waals surface area contributed by atoms with Crippen LogP contribution < -0.4 is 10.6 Å². The SMILES string of the molecule is CCC(C)(CNC(=O)N1CCC(NC(C)=O)C1)C(=O)O. The number of carboxylic acids is 1. The zero-order chi connectivity index (χ0) is 15.3. The lowest BCUT2D eigenvalue weighted by molar-refractivity contribution is -0.147. The summed E-state index contributed by atoms with van der Waals surface area (Å²) in [5, 5.41) is 14.6. The van der Waals surface area contributed by atoms with E-state index in [-0.39, 0.29) is 24.5 Å². The van der Waals surface area contributed by atoms with Gasteiger partial charge < -0.3 is 20.6 Å². The molecule has 20 heavy (non-hydrogen) atoms.